The lowest BCUT2D eigenvalue weighted by Gasteiger charge is -2.28. The molecule has 0 aliphatic carbocycles. The first-order valence-corrected chi connectivity index (χ1v) is 7.01. The van der Waals surface area contributed by atoms with Crippen LogP contribution < -0.4 is 0 Å². The van der Waals surface area contributed by atoms with Gasteiger partial charge in [-0.25, -0.2) is 0 Å². The standard InChI is InChI=1S/C16H25NO2/c1-13(2)17(12-14(3)16(18)19)11-7-10-15-8-5-4-6-9-15/h4-6,8-9,13-14H,7,10-12H2,1-3H3,(H,18,19). The van der Waals surface area contributed by atoms with Gasteiger partial charge in [0.05, 0.1) is 5.92 Å². The summed E-state index contributed by atoms with van der Waals surface area (Å²) in [5.74, 6) is -1.02. The Hall–Kier alpha value is -1.35. The summed E-state index contributed by atoms with van der Waals surface area (Å²) in [7, 11) is 0. The van der Waals surface area contributed by atoms with Crippen molar-refractivity contribution in [1.29, 1.82) is 0 Å². The molecule has 0 aliphatic rings. The van der Waals surface area contributed by atoms with E-state index >= 15 is 0 Å². The van der Waals surface area contributed by atoms with Crippen LogP contribution in [-0.4, -0.2) is 35.1 Å². The molecule has 0 radical (unpaired) electrons. The molecule has 0 aromatic heterocycles. The van der Waals surface area contributed by atoms with Crippen molar-refractivity contribution in [3.8, 4) is 0 Å². The van der Waals surface area contributed by atoms with Crippen LogP contribution in [0.15, 0.2) is 30.3 Å². The lowest BCUT2D eigenvalue weighted by atomic mass is 10.1. The van der Waals surface area contributed by atoms with Gasteiger partial charge in [-0.15, -0.1) is 0 Å². The summed E-state index contributed by atoms with van der Waals surface area (Å²) in [5.41, 5.74) is 1.34. The molecule has 3 heteroatoms. The molecule has 0 spiro atoms. The van der Waals surface area contributed by atoms with Crippen LogP contribution in [0.2, 0.25) is 0 Å². The number of carbonyl (C=O) groups is 1. The number of aryl methyl sites for hydroxylation is 1. The third-order valence-corrected chi connectivity index (χ3v) is 3.41. The molecule has 0 aliphatic heterocycles. The van der Waals surface area contributed by atoms with Crippen LogP contribution in [0.5, 0.6) is 0 Å². The highest BCUT2D eigenvalue weighted by atomic mass is 16.4. The molecule has 106 valence electrons. The largest absolute Gasteiger partial charge is 0.481 e. The second-order valence-corrected chi connectivity index (χ2v) is 5.42. The summed E-state index contributed by atoms with van der Waals surface area (Å²) >= 11 is 0. The van der Waals surface area contributed by atoms with Gasteiger partial charge in [0, 0.05) is 12.6 Å². The Morgan fingerprint density at radius 1 is 1.21 bits per heavy atom. The van der Waals surface area contributed by atoms with E-state index < -0.39 is 5.97 Å². The van der Waals surface area contributed by atoms with Crippen molar-refractivity contribution in [2.45, 2.75) is 39.7 Å². The zero-order valence-electron chi connectivity index (χ0n) is 12.2. The SMILES string of the molecule is CC(CN(CCCc1ccccc1)C(C)C)C(=O)O. The van der Waals surface area contributed by atoms with Crippen molar-refractivity contribution >= 4 is 5.97 Å². The molecule has 1 aromatic rings. The first-order chi connectivity index (χ1) is 9.00. The predicted molar refractivity (Wildman–Crippen MR) is 78.3 cm³/mol. The Balaban J connectivity index is 2.40. The monoisotopic (exact) mass is 263 g/mol. The number of hydrogen-bond donors (Lipinski definition) is 1. The van der Waals surface area contributed by atoms with Crippen molar-refractivity contribution in [3.05, 3.63) is 35.9 Å². The van der Waals surface area contributed by atoms with Crippen LogP contribution in [0.3, 0.4) is 0 Å². The number of aliphatic carboxylic acids is 1. The number of hydrogen-bond acceptors (Lipinski definition) is 2. The molecule has 3 nitrogen and oxygen atoms in total. The molecule has 1 rings (SSSR count). The molecule has 0 fully saturated rings. The van der Waals surface area contributed by atoms with Gasteiger partial charge in [-0.2, -0.15) is 0 Å². The Morgan fingerprint density at radius 2 is 1.84 bits per heavy atom. The minimum atomic E-state index is -0.714. The van der Waals surface area contributed by atoms with Crippen LogP contribution in [0.25, 0.3) is 0 Å². The van der Waals surface area contributed by atoms with Crippen molar-refractivity contribution in [3.63, 3.8) is 0 Å². The molecule has 0 bridgehead atoms. The fourth-order valence-electron chi connectivity index (χ4n) is 2.12. The van der Waals surface area contributed by atoms with Crippen molar-refractivity contribution in [1.82, 2.24) is 4.90 Å². The molecule has 1 unspecified atom stereocenters. The predicted octanol–water partition coefficient (Wildman–Crippen LogP) is 3.05. The molecule has 0 heterocycles. The zero-order chi connectivity index (χ0) is 14.3. The molecule has 1 atom stereocenters. The Labute approximate surface area is 116 Å². The van der Waals surface area contributed by atoms with E-state index in [9.17, 15) is 4.79 Å². The summed E-state index contributed by atoms with van der Waals surface area (Å²) in [5, 5.41) is 8.99. The van der Waals surface area contributed by atoms with Gasteiger partial charge in [0.25, 0.3) is 0 Å². The Kier molecular flexibility index (Phi) is 6.57. The average molecular weight is 263 g/mol. The molecule has 0 saturated heterocycles. The average Bonchev–Trinajstić information content (AvgIpc) is 2.38. The first-order valence-electron chi connectivity index (χ1n) is 7.01. The van der Waals surface area contributed by atoms with Gasteiger partial charge in [-0.05, 0) is 38.8 Å². The molecular weight excluding hydrogens is 238 g/mol. The maximum absolute atomic E-state index is 10.9. The minimum absolute atomic E-state index is 0.306. The number of nitrogens with zero attached hydrogens (tertiary/aromatic N) is 1. The van der Waals surface area contributed by atoms with Gasteiger partial charge >= 0.3 is 5.97 Å². The summed E-state index contributed by atoms with van der Waals surface area (Å²) in [4.78, 5) is 13.2. The van der Waals surface area contributed by atoms with E-state index in [4.69, 9.17) is 5.11 Å². The highest BCUT2D eigenvalue weighted by Gasteiger charge is 2.17. The van der Waals surface area contributed by atoms with Crippen molar-refractivity contribution in [2.75, 3.05) is 13.1 Å². The second kappa shape index (κ2) is 7.95. The second-order valence-electron chi connectivity index (χ2n) is 5.42. The third kappa shape index (κ3) is 5.88. The van der Waals surface area contributed by atoms with Crippen LogP contribution in [0, 0.1) is 5.92 Å². The third-order valence-electron chi connectivity index (χ3n) is 3.41. The summed E-state index contributed by atoms with van der Waals surface area (Å²) in [6, 6.07) is 10.8. The van der Waals surface area contributed by atoms with Gasteiger partial charge in [0.15, 0.2) is 0 Å². The zero-order valence-corrected chi connectivity index (χ0v) is 12.2. The quantitative estimate of drug-likeness (QED) is 0.783. The molecule has 1 N–H and O–H groups in total. The van der Waals surface area contributed by atoms with Crippen LogP contribution in [0.1, 0.15) is 32.8 Å². The smallest absolute Gasteiger partial charge is 0.307 e. The Bertz CT molecular complexity index is 376. The topological polar surface area (TPSA) is 40.5 Å². The summed E-state index contributed by atoms with van der Waals surface area (Å²) in [6.07, 6.45) is 2.11. The van der Waals surface area contributed by atoms with E-state index in [2.05, 4.69) is 43.0 Å². The van der Waals surface area contributed by atoms with Crippen LogP contribution >= 0.6 is 0 Å². The number of carboxylic acids is 1. The summed E-state index contributed by atoms with van der Waals surface area (Å²) in [6.45, 7) is 7.59. The van der Waals surface area contributed by atoms with Crippen molar-refractivity contribution in [2.24, 2.45) is 5.92 Å². The molecule has 1 aromatic carbocycles. The fourth-order valence-corrected chi connectivity index (χ4v) is 2.12. The highest BCUT2D eigenvalue weighted by Crippen LogP contribution is 2.09. The first kappa shape index (κ1) is 15.7. The molecule has 0 saturated carbocycles. The fraction of sp³-hybridized carbons (Fsp3) is 0.562. The maximum Gasteiger partial charge on any atom is 0.307 e. The van der Waals surface area contributed by atoms with E-state index in [-0.39, 0.29) is 5.92 Å². The molecule has 0 amide bonds. The molecular formula is C16H25NO2. The van der Waals surface area contributed by atoms with Gasteiger partial charge in [-0.3, -0.25) is 4.79 Å². The van der Waals surface area contributed by atoms with Crippen LogP contribution in [0.4, 0.5) is 0 Å². The lowest BCUT2D eigenvalue weighted by molar-refractivity contribution is -0.141. The maximum atomic E-state index is 10.9. The van der Waals surface area contributed by atoms with E-state index in [1.807, 2.05) is 6.07 Å². The van der Waals surface area contributed by atoms with E-state index in [0.29, 0.717) is 12.6 Å². The van der Waals surface area contributed by atoms with E-state index in [1.165, 1.54) is 5.56 Å². The highest BCUT2D eigenvalue weighted by molar-refractivity contribution is 5.69. The number of carboxylic acid groups (broad SMARTS) is 1. The Morgan fingerprint density at radius 3 is 2.37 bits per heavy atom. The van der Waals surface area contributed by atoms with Gasteiger partial charge in [0.2, 0.25) is 0 Å². The van der Waals surface area contributed by atoms with Gasteiger partial charge in [0.1, 0.15) is 0 Å². The molecule has 19 heavy (non-hydrogen) atoms. The van der Waals surface area contributed by atoms with Gasteiger partial charge in [-0.1, -0.05) is 37.3 Å². The van der Waals surface area contributed by atoms with Crippen molar-refractivity contribution < 1.29 is 9.90 Å². The number of rotatable bonds is 8. The van der Waals surface area contributed by atoms with Gasteiger partial charge < -0.3 is 10.0 Å². The normalized spacial score (nSPS) is 12.9. The van der Waals surface area contributed by atoms with Crippen LogP contribution in [-0.2, 0) is 11.2 Å². The van der Waals surface area contributed by atoms with E-state index in [0.717, 1.165) is 19.4 Å². The summed E-state index contributed by atoms with van der Waals surface area (Å²) < 4.78 is 0. The lowest BCUT2D eigenvalue weighted by Crippen LogP contribution is -2.37. The van der Waals surface area contributed by atoms with E-state index in [1.54, 1.807) is 6.92 Å². The number of benzene rings is 1. The minimum Gasteiger partial charge on any atom is -0.481 e.